The van der Waals surface area contributed by atoms with Gasteiger partial charge in [0.2, 0.25) is 0 Å². The summed E-state index contributed by atoms with van der Waals surface area (Å²) in [4.78, 5) is 0. The molecule has 1 rings (SSSR count). The molecule has 1 nitrogen and oxygen atoms in total. The minimum atomic E-state index is -0.498. The van der Waals surface area contributed by atoms with Crippen molar-refractivity contribution in [2.24, 2.45) is 0 Å². The van der Waals surface area contributed by atoms with E-state index in [0.29, 0.717) is 0 Å². The van der Waals surface area contributed by atoms with Crippen LogP contribution in [0.5, 0.6) is 0 Å². The van der Waals surface area contributed by atoms with Crippen molar-refractivity contribution < 1.29 is 9.50 Å². The summed E-state index contributed by atoms with van der Waals surface area (Å²) in [6.07, 6.45) is 2.85. The zero-order chi connectivity index (χ0) is 9.84. The van der Waals surface area contributed by atoms with Crippen LogP contribution in [-0.4, -0.2) is 11.2 Å². The molecule has 2 heteroatoms. The van der Waals surface area contributed by atoms with E-state index in [1.54, 1.807) is 25.1 Å². The number of halogens is 1. The van der Waals surface area contributed by atoms with Crippen molar-refractivity contribution in [3.63, 3.8) is 0 Å². The Kier molecular flexibility index (Phi) is 3.20. The van der Waals surface area contributed by atoms with E-state index in [-0.39, 0.29) is 5.82 Å². The molecule has 0 heterocycles. The largest absolute Gasteiger partial charge is 0.389 e. The van der Waals surface area contributed by atoms with Crippen molar-refractivity contribution in [2.45, 2.75) is 20.0 Å². The van der Waals surface area contributed by atoms with E-state index in [0.717, 1.165) is 11.1 Å². The topological polar surface area (TPSA) is 20.2 Å². The summed E-state index contributed by atoms with van der Waals surface area (Å²) in [5.74, 6) is -0.254. The van der Waals surface area contributed by atoms with E-state index in [4.69, 9.17) is 5.11 Å². The Morgan fingerprint density at radius 1 is 1.46 bits per heavy atom. The van der Waals surface area contributed by atoms with Gasteiger partial charge in [-0.25, -0.2) is 4.39 Å². The van der Waals surface area contributed by atoms with Crippen LogP contribution in [0.1, 0.15) is 18.1 Å². The number of aliphatic hydroxyl groups excluding tert-OH is 1. The summed E-state index contributed by atoms with van der Waals surface area (Å²) in [6, 6.07) is 4.60. The minimum Gasteiger partial charge on any atom is -0.389 e. The van der Waals surface area contributed by atoms with Gasteiger partial charge in [0, 0.05) is 0 Å². The molecule has 13 heavy (non-hydrogen) atoms. The van der Waals surface area contributed by atoms with Crippen molar-refractivity contribution >= 4 is 6.08 Å². The highest BCUT2D eigenvalue weighted by molar-refractivity contribution is 5.53. The molecular weight excluding hydrogens is 167 g/mol. The molecule has 0 saturated heterocycles. The zero-order valence-corrected chi connectivity index (χ0v) is 7.79. The molecule has 0 fully saturated rings. The Morgan fingerprint density at radius 3 is 2.77 bits per heavy atom. The number of benzene rings is 1. The van der Waals surface area contributed by atoms with E-state index >= 15 is 0 Å². The second-order valence-corrected chi connectivity index (χ2v) is 3.10. The average molecular weight is 180 g/mol. The fraction of sp³-hybridized carbons (Fsp3) is 0.273. The predicted octanol–water partition coefficient (Wildman–Crippen LogP) is 2.53. The van der Waals surface area contributed by atoms with Gasteiger partial charge in [-0.3, -0.25) is 0 Å². The number of aliphatic hydroxyl groups is 1. The molecule has 1 unspecified atom stereocenters. The highest BCUT2D eigenvalue weighted by Crippen LogP contribution is 2.12. The maximum absolute atomic E-state index is 12.8. The molecule has 1 atom stereocenters. The summed E-state index contributed by atoms with van der Waals surface area (Å²) in [7, 11) is 0. The minimum absolute atomic E-state index is 0.254. The fourth-order valence-electron chi connectivity index (χ4n) is 1.03. The molecule has 70 valence electrons. The van der Waals surface area contributed by atoms with Gasteiger partial charge in [0.05, 0.1) is 6.10 Å². The molecular formula is C11H13FO. The molecule has 0 amide bonds. The van der Waals surface area contributed by atoms with E-state index in [2.05, 4.69) is 0 Å². The fourth-order valence-corrected chi connectivity index (χ4v) is 1.03. The first kappa shape index (κ1) is 9.93. The van der Waals surface area contributed by atoms with Gasteiger partial charge in [-0.1, -0.05) is 18.2 Å². The highest BCUT2D eigenvalue weighted by atomic mass is 19.1. The number of hydrogen-bond donors (Lipinski definition) is 1. The van der Waals surface area contributed by atoms with Crippen molar-refractivity contribution in [3.05, 3.63) is 41.2 Å². The van der Waals surface area contributed by atoms with Crippen LogP contribution in [0.15, 0.2) is 24.3 Å². The molecule has 0 bridgehead atoms. The Labute approximate surface area is 77.5 Å². The Balaban J connectivity index is 2.93. The summed E-state index contributed by atoms with van der Waals surface area (Å²) in [6.45, 7) is 3.56. The smallest absolute Gasteiger partial charge is 0.123 e. The first-order valence-electron chi connectivity index (χ1n) is 4.22. The third-order valence-corrected chi connectivity index (χ3v) is 1.80. The summed E-state index contributed by atoms with van der Waals surface area (Å²) in [5, 5.41) is 8.99. The second kappa shape index (κ2) is 4.19. The zero-order valence-electron chi connectivity index (χ0n) is 7.79. The number of aryl methyl sites for hydroxylation is 1. The van der Waals surface area contributed by atoms with E-state index in [9.17, 15) is 4.39 Å². The Hall–Kier alpha value is -1.15. The summed E-state index contributed by atoms with van der Waals surface area (Å²) < 4.78 is 12.8. The average Bonchev–Trinajstić information content (AvgIpc) is 2.06. The van der Waals surface area contributed by atoms with Gasteiger partial charge in [0.25, 0.3) is 0 Å². The SMILES string of the molecule is Cc1ccc(F)cc1/C=C/C(C)O. The Bertz CT molecular complexity index is 316. The first-order valence-corrected chi connectivity index (χ1v) is 4.22. The molecule has 0 aliphatic carbocycles. The maximum Gasteiger partial charge on any atom is 0.123 e. The highest BCUT2D eigenvalue weighted by Gasteiger charge is 1.96. The van der Waals surface area contributed by atoms with Crippen molar-refractivity contribution in [2.75, 3.05) is 0 Å². The first-order chi connectivity index (χ1) is 6.09. The van der Waals surface area contributed by atoms with Crippen LogP contribution in [-0.2, 0) is 0 Å². The molecule has 0 saturated carbocycles. The van der Waals surface area contributed by atoms with Crippen LogP contribution in [0.25, 0.3) is 6.08 Å². The molecule has 0 radical (unpaired) electrons. The second-order valence-electron chi connectivity index (χ2n) is 3.10. The number of hydrogen-bond acceptors (Lipinski definition) is 1. The van der Waals surface area contributed by atoms with Crippen LogP contribution in [0.3, 0.4) is 0 Å². The van der Waals surface area contributed by atoms with Gasteiger partial charge in [0.15, 0.2) is 0 Å². The summed E-state index contributed by atoms with van der Waals surface area (Å²) in [5.41, 5.74) is 1.80. The lowest BCUT2D eigenvalue weighted by Gasteiger charge is -2.00. The van der Waals surface area contributed by atoms with Gasteiger partial charge in [-0.05, 0) is 37.1 Å². The van der Waals surface area contributed by atoms with Gasteiger partial charge < -0.3 is 5.11 Å². The monoisotopic (exact) mass is 180 g/mol. The molecule has 1 aromatic carbocycles. The Morgan fingerprint density at radius 2 is 2.15 bits per heavy atom. The molecule has 0 aromatic heterocycles. The standard InChI is InChI=1S/C11H13FO/c1-8-3-6-11(12)7-10(8)5-4-9(2)13/h3-7,9,13H,1-2H3/b5-4+. The molecule has 1 aromatic rings. The van der Waals surface area contributed by atoms with Crippen molar-refractivity contribution in [1.82, 2.24) is 0 Å². The van der Waals surface area contributed by atoms with Gasteiger partial charge in [-0.2, -0.15) is 0 Å². The lowest BCUT2D eigenvalue weighted by atomic mass is 10.1. The van der Waals surface area contributed by atoms with Gasteiger partial charge in [-0.15, -0.1) is 0 Å². The molecule has 0 aliphatic heterocycles. The quantitative estimate of drug-likeness (QED) is 0.741. The van der Waals surface area contributed by atoms with Crippen LogP contribution < -0.4 is 0 Å². The van der Waals surface area contributed by atoms with Crippen LogP contribution in [0.4, 0.5) is 4.39 Å². The summed E-state index contributed by atoms with van der Waals surface area (Å²) >= 11 is 0. The van der Waals surface area contributed by atoms with E-state index < -0.39 is 6.10 Å². The van der Waals surface area contributed by atoms with Crippen molar-refractivity contribution in [1.29, 1.82) is 0 Å². The predicted molar refractivity (Wildman–Crippen MR) is 51.9 cm³/mol. The third kappa shape index (κ3) is 2.99. The van der Waals surface area contributed by atoms with Crippen molar-refractivity contribution in [3.8, 4) is 0 Å². The number of rotatable bonds is 2. The van der Waals surface area contributed by atoms with Gasteiger partial charge >= 0.3 is 0 Å². The van der Waals surface area contributed by atoms with Crippen LogP contribution in [0, 0.1) is 12.7 Å². The normalized spacial score (nSPS) is 13.5. The van der Waals surface area contributed by atoms with E-state index in [1.807, 2.05) is 6.92 Å². The van der Waals surface area contributed by atoms with Crippen LogP contribution in [0.2, 0.25) is 0 Å². The van der Waals surface area contributed by atoms with E-state index in [1.165, 1.54) is 12.1 Å². The lowest BCUT2D eigenvalue weighted by molar-refractivity contribution is 0.245. The third-order valence-electron chi connectivity index (χ3n) is 1.80. The molecule has 0 spiro atoms. The molecule has 1 N–H and O–H groups in total. The van der Waals surface area contributed by atoms with Gasteiger partial charge in [0.1, 0.15) is 5.82 Å². The van der Waals surface area contributed by atoms with Crippen LogP contribution >= 0.6 is 0 Å². The lowest BCUT2D eigenvalue weighted by Crippen LogP contribution is -1.92. The molecule has 0 aliphatic rings. The maximum atomic E-state index is 12.8.